The van der Waals surface area contributed by atoms with Crippen molar-refractivity contribution in [3.05, 3.63) is 65.2 Å². The van der Waals surface area contributed by atoms with E-state index in [9.17, 15) is 4.79 Å². The Kier molecular flexibility index (Phi) is 3.43. The normalized spacial score (nSPS) is 14.7. The van der Waals surface area contributed by atoms with Gasteiger partial charge in [0.2, 0.25) is 0 Å². The molecule has 0 aromatic heterocycles. The van der Waals surface area contributed by atoms with Crippen molar-refractivity contribution in [3.63, 3.8) is 0 Å². The predicted molar refractivity (Wildman–Crippen MR) is 80.7 cm³/mol. The molecular formula is C17H15N3O. The molecular weight excluding hydrogens is 262 g/mol. The molecule has 0 saturated heterocycles. The maximum Gasteiger partial charge on any atom is 0.258 e. The van der Waals surface area contributed by atoms with Gasteiger partial charge in [0.1, 0.15) is 0 Å². The van der Waals surface area contributed by atoms with Crippen LogP contribution >= 0.6 is 0 Å². The Morgan fingerprint density at radius 2 is 2.00 bits per heavy atom. The van der Waals surface area contributed by atoms with Crippen LogP contribution in [-0.2, 0) is 13.0 Å². The number of hydrogen-bond donors (Lipinski definition) is 1. The second-order valence-corrected chi connectivity index (χ2v) is 5.16. The molecule has 2 aromatic rings. The third-order valence-electron chi connectivity index (χ3n) is 3.66. The van der Waals surface area contributed by atoms with Crippen molar-refractivity contribution in [1.82, 2.24) is 0 Å². The highest BCUT2D eigenvalue weighted by atomic mass is 16.2. The zero-order valence-electron chi connectivity index (χ0n) is 11.5. The van der Waals surface area contributed by atoms with Gasteiger partial charge in [-0.2, -0.15) is 5.26 Å². The van der Waals surface area contributed by atoms with Crippen LogP contribution in [0.3, 0.4) is 0 Å². The van der Waals surface area contributed by atoms with E-state index in [2.05, 4.69) is 0 Å². The van der Waals surface area contributed by atoms with Crippen LogP contribution in [0.5, 0.6) is 0 Å². The Morgan fingerprint density at radius 3 is 2.71 bits per heavy atom. The molecule has 0 spiro atoms. The topological polar surface area (TPSA) is 70.1 Å². The van der Waals surface area contributed by atoms with E-state index >= 15 is 0 Å². The van der Waals surface area contributed by atoms with Crippen molar-refractivity contribution in [3.8, 4) is 6.07 Å². The average Bonchev–Trinajstić information content (AvgIpc) is 2.84. The van der Waals surface area contributed by atoms with Gasteiger partial charge in [0.25, 0.3) is 5.91 Å². The SMILES string of the molecule is N#C[C@@H](N)Cc1ccc2c(c1)CN(c1ccccc1)C2=O. The number of rotatable bonds is 3. The molecule has 0 saturated carbocycles. The summed E-state index contributed by atoms with van der Waals surface area (Å²) < 4.78 is 0. The highest BCUT2D eigenvalue weighted by molar-refractivity contribution is 6.10. The summed E-state index contributed by atoms with van der Waals surface area (Å²) in [7, 11) is 0. The lowest BCUT2D eigenvalue weighted by molar-refractivity contribution is 0.0996. The molecule has 1 amide bonds. The van der Waals surface area contributed by atoms with Crippen molar-refractivity contribution in [2.45, 2.75) is 19.0 Å². The van der Waals surface area contributed by atoms with Gasteiger partial charge in [-0.3, -0.25) is 4.79 Å². The fraction of sp³-hybridized carbons (Fsp3) is 0.176. The number of carbonyl (C=O) groups excluding carboxylic acids is 1. The van der Waals surface area contributed by atoms with Gasteiger partial charge in [-0.25, -0.2) is 0 Å². The Morgan fingerprint density at radius 1 is 1.24 bits per heavy atom. The largest absolute Gasteiger partial charge is 0.316 e. The van der Waals surface area contributed by atoms with Crippen LogP contribution in [0.4, 0.5) is 5.69 Å². The quantitative estimate of drug-likeness (QED) is 0.935. The van der Waals surface area contributed by atoms with E-state index < -0.39 is 6.04 Å². The van der Waals surface area contributed by atoms with Gasteiger partial charge in [-0.05, 0) is 29.3 Å². The van der Waals surface area contributed by atoms with Crippen LogP contribution < -0.4 is 10.6 Å². The summed E-state index contributed by atoms with van der Waals surface area (Å²) >= 11 is 0. The highest BCUT2D eigenvalue weighted by Crippen LogP contribution is 2.28. The summed E-state index contributed by atoms with van der Waals surface area (Å²) in [5, 5.41) is 8.78. The van der Waals surface area contributed by atoms with Crippen LogP contribution in [0.2, 0.25) is 0 Å². The number of nitrogens with two attached hydrogens (primary N) is 1. The van der Waals surface area contributed by atoms with Gasteiger partial charge in [-0.15, -0.1) is 0 Å². The Hall–Kier alpha value is -2.64. The number of para-hydroxylation sites is 1. The van der Waals surface area contributed by atoms with Crippen LogP contribution in [0, 0.1) is 11.3 Å². The number of nitrogens with zero attached hydrogens (tertiary/aromatic N) is 2. The number of carbonyl (C=O) groups is 1. The van der Waals surface area contributed by atoms with Crippen molar-refractivity contribution in [1.29, 1.82) is 5.26 Å². The second kappa shape index (κ2) is 5.39. The van der Waals surface area contributed by atoms with E-state index in [1.54, 1.807) is 4.90 Å². The maximum absolute atomic E-state index is 12.4. The van der Waals surface area contributed by atoms with Gasteiger partial charge in [-0.1, -0.05) is 30.3 Å². The molecule has 0 bridgehead atoms. The van der Waals surface area contributed by atoms with E-state index in [4.69, 9.17) is 11.0 Å². The van der Waals surface area contributed by atoms with Gasteiger partial charge >= 0.3 is 0 Å². The minimum Gasteiger partial charge on any atom is -0.316 e. The molecule has 104 valence electrons. The summed E-state index contributed by atoms with van der Waals surface area (Å²) in [4.78, 5) is 14.2. The molecule has 21 heavy (non-hydrogen) atoms. The van der Waals surface area contributed by atoms with E-state index in [0.29, 0.717) is 13.0 Å². The monoisotopic (exact) mass is 277 g/mol. The lowest BCUT2D eigenvalue weighted by Crippen LogP contribution is -2.22. The molecule has 1 aliphatic rings. The van der Waals surface area contributed by atoms with Gasteiger partial charge in [0.15, 0.2) is 0 Å². The maximum atomic E-state index is 12.4. The molecule has 1 aliphatic heterocycles. The molecule has 0 unspecified atom stereocenters. The highest BCUT2D eigenvalue weighted by Gasteiger charge is 2.28. The van der Waals surface area contributed by atoms with Crippen molar-refractivity contribution in [2.24, 2.45) is 5.73 Å². The van der Waals surface area contributed by atoms with Gasteiger partial charge in [0, 0.05) is 17.7 Å². The molecule has 0 radical (unpaired) electrons. The molecule has 4 heteroatoms. The van der Waals surface area contributed by atoms with E-state index in [0.717, 1.165) is 22.4 Å². The zero-order valence-corrected chi connectivity index (χ0v) is 11.5. The number of hydrogen-bond acceptors (Lipinski definition) is 3. The minimum absolute atomic E-state index is 0.0207. The third-order valence-corrected chi connectivity index (χ3v) is 3.66. The molecule has 4 nitrogen and oxygen atoms in total. The lowest BCUT2D eigenvalue weighted by atomic mass is 10.0. The van der Waals surface area contributed by atoms with Gasteiger partial charge < -0.3 is 10.6 Å². The fourth-order valence-electron chi connectivity index (χ4n) is 2.62. The van der Waals surface area contributed by atoms with Crippen LogP contribution in [0.25, 0.3) is 0 Å². The molecule has 1 heterocycles. The standard InChI is InChI=1S/C17H15N3O/c18-10-14(19)9-12-6-7-16-13(8-12)11-20(17(16)21)15-4-2-1-3-5-15/h1-8,14H,9,11,19H2/t14-/m0/s1. The smallest absolute Gasteiger partial charge is 0.258 e. The fourth-order valence-corrected chi connectivity index (χ4v) is 2.62. The Balaban J connectivity index is 1.88. The first kappa shape index (κ1) is 13.3. The zero-order chi connectivity index (χ0) is 14.8. The van der Waals surface area contributed by atoms with Crippen molar-refractivity contribution >= 4 is 11.6 Å². The second-order valence-electron chi connectivity index (χ2n) is 5.16. The van der Waals surface area contributed by atoms with Gasteiger partial charge in [0.05, 0.1) is 18.7 Å². The average molecular weight is 277 g/mol. The first-order chi connectivity index (χ1) is 10.2. The summed E-state index contributed by atoms with van der Waals surface area (Å²) in [6.07, 6.45) is 0.503. The number of benzene rings is 2. The third kappa shape index (κ3) is 2.51. The first-order valence-corrected chi connectivity index (χ1v) is 6.83. The molecule has 1 atom stereocenters. The van der Waals surface area contributed by atoms with E-state index in [1.165, 1.54) is 0 Å². The first-order valence-electron chi connectivity index (χ1n) is 6.83. The van der Waals surface area contributed by atoms with Crippen molar-refractivity contribution in [2.75, 3.05) is 4.90 Å². The van der Waals surface area contributed by atoms with E-state index in [1.807, 2.05) is 54.6 Å². The number of nitriles is 1. The number of amides is 1. The molecule has 0 aliphatic carbocycles. The molecule has 2 N–H and O–H groups in total. The molecule has 2 aromatic carbocycles. The Bertz CT molecular complexity index is 719. The van der Waals surface area contributed by atoms with E-state index in [-0.39, 0.29) is 5.91 Å². The molecule has 0 fully saturated rings. The minimum atomic E-state index is -0.509. The predicted octanol–water partition coefficient (Wildman–Crippen LogP) is 2.24. The van der Waals surface area contributed by atoms with Crippen LogP contribution in [0.1, 0.15) is 21.5 Å². The number of anilines is 1. The Labute approximate surface area is 123 Å². The lowest BCUT2D eigenvalue weighted by Gasteiger charge is -2.15. The van der Waals surface area contributed by atoms with Crippen molar-refractivity contribution < 1.29 is 4.79 Å². The number of fused-ring (bicyclic) bond motifs is 1. The van der Waals surface area contributed by atoms with Crippen LogP contribution in [-0.4, -0.2) is 11.9 Å². The summed E-state index contributed by atoms with van der Waals surface area (Å²) in [5.74, 6) is 0.0207. The summed E-state index contributed by atoms with van der Waals surface area (Å²) in [6.45, 7) is 0.563. The molecule has 3 rings (SSSR count). The summed E-state index contributed by atoms with van der Waals surface area (Å²) in [6, 6.07) is 16.8. The van der Waals surface area contributed by atoms with Crippen LogP contribution in [0.15, 0.2) is 48.5 Å². The summed E-state index contributed by atoms with van der Waals surface area (Å²) in [5.41, 5.74) is 9.27.